The number of fused-ring (bicyclic) bond motifs is 1. The maximum absolute atomic E-state index is 13.3. The Labute approximate surface area is 245 Å². The number of nitrogens with two attached hydrogens (primary N) is 1. The summed E-state index contributed by atoms with van der Waals surface area (Å²) in [6.07, 6.45) is 9.39. The molecular formula is C35H42BN3O2. The van der Waals surface area contributed by atoms with Gasteiger partial charge in [-0.1, -0.05) is 103 Å². The minimum atomic E-state index is -0.190. The second kappa shape index (κ2) is 12.2. The summed E-state index contributed by atoms with van der Waals surface area (Å²) < 4.78 is 5.83. The van der Waals surface area contributed by atoms with Crippen molar-refractivity contribution in [2.75, 3.05) is 11.0 Å². The highest BCUT2D eigenvalue weighted by atomic mass is 16.5. The van der Waals surface area contributed by atoms with Crippen LogP contribution in [0.5, 0.6) is 0 Å². The van der Waals surface area contributed by atoms with Crippen molar-refractivity contribution in [3.8, 4) is 0 Å². The summed E-state index contributed by atoms with van der Waals surface area (Å²) >= 11 is 0. The Morgan fingerprint density at radius 3 is 2.17 bits per heavy atom. The van der Waals surface area contributed by atoms with E-state index in [1.54, 1.807) is 0 Å². The second-order valence-corrected chi connectivity index (χ2v) is 12.7. The molecule has 4 rings (SSSR count). The summed E-state index contributed by atoms with van der Waals surface area (Å²) in [6.45, 7) is 12.9. The summed E-state index contributed by atoms with van der Waals surface area (Å²) in [5, 5.41) is 13.4. The van der Waals surface area contributed by atoms with E-state index in [9.17, 15) is 4.79 Å². The summed E-state index contributed by atoms with van der Waals surface area (Å²) in [4.78, 5) is 13.3. The van der Waals surface area contributed by atoms with Crippen molar-refractivity contribution in [3.63, 3.8) is 0 Å². The number of hydrogen-bond acceptors (Lipinski definition) is 5. The standard InChI is InChI=1S/C35H42BN3O2/c1-7-35(5,6)22-30(34(2,3)4)33(40)41-36-39-31-21-20-29(27-10-8-9-11-28(27)31)32(23-12-16-25(37)17-13-23)24-14-18-26(38)19-15-24/h8-21,30,36-37,39H,7,22,38H2,1-6H3. The molecule has 0 fully saturated rings. The Balaban J connectivity index is 1.65. The van der Waals surface area contributed by atoms with Crippen LogP contribution in [0.1, 0.15) is 65.5 Å². The molecule has 6 heteroatoms. The van der Waals surface area contributed by atoms with Crippen molar-refractivity contribution in [1.82, 2.24) is 0 Å². The van der Waals surface area contributed by atoms with Gasteiger partial charge in [-0.15, -0.1) is 0 Å². The van der Waals surface area contributed by atoms with E-state index >= 15 is 0 Å². The topological polar surface area (TPSA) is 88.2 Å². The van der Waals surface area contributed by atoms with Crippen LogP contribution in [0.25, 0.3) is 16.3 Å². The summed E-state index contributed by atoms with van der Waals surface area (Å²) in [5.74, 6) is -0.352. The molecule has 5 nitrogen and oxygen atoms in total. The van der Waals surface area contributed by atoms with Gasteiger partial charge in [0, 0.05) is 16.8 Å². The summed E-state index contributed by atoms with van der Waals surface area (Å²) in [6, 6.07) is 20.3. The third-order valence-electron chi connectivity index (χ3n) is 8.09. The number of rotatable bonds is 9. The molecule has 0 aliphatic heterocycles. The molecule has 1 atom stereocenters. The van der Waals surface area contributed by atoms with Gasteiger partial charge in [0.1, 0.15) is 0 Å². The molecule has 3 aromatic rings. The Hall–Kier alpha value is -4.06. The van der Waals surface area contributed by atoms with Crippen molar-refractivity contribution in [2.45, 2.75) is 54.4 Å². The van der Waals surface area contributed by atoms with Crippen LogP contribution in [0, 0.1) is 22.2 Å². The van der Waals surface area contributed by atoms with E-state index in [0.29, 0.717) is 11.4 Å². The maximum Gasteiger partial charge on any atom is 0.463 e. The van der Waals surface area contributed by atoms with Crippen molar-refractivity contribution >= 4 is 47.0 Å². The average molecular weight is 548 g/mol. The molecule has 1 aliphatic carbocycles. The van der Waals surface area contributed by atoms with E-state index in [1.807, 2.05) is 66.8 Å². The summed E-state index contributed by atoms with van der Waals surface area (Å²) in [5.41, 5.74) is 12.2. The zero-order valence-electron chi connectivity index (χ0n) is 25.2. The van der Waals surface area contributed by atoms with E-state index in [4.69, 9.17) is 15.8 Å². The van der Waals surface area contributed by atoms with Crippen LogP contribution in [0.3, 0.4) is 0 Å². The van der Waals surface area contributed by atoms with E-state index in [1.165, 1.54) is 0 Å². The predicted octanol–water partition coefficient (Wildman–Crippen LogP) is 8.08. The van der Waals surface area contributed by atoms with Crippen molar-refractivity contribution in [2.24, 2.45) is 16.7 Å². The molecule has 41 heavy (non-hydrogen) atoms. The van der Waals surface area contributed by atoms with E-state index < -0.39 is 0 Å². The Morgan fingerprint density at radius 2 is 1.56 bits per heavy atom. The van der Waals surface area contributed by atoms with Gasteiger partial charge in [-0.3, -0.25) is 4.79 Å². The first kappa shape index (κ1) is 29.9. The first-order valence-corrected chi connectivity index (χ1v) is 14.4. The van der Waals surface area contributed by atoms with Gasteiger partial charge in [0.05, 0.1) is 11.6 Å². The molecule has 0 spiro atoms. The second-order valence-electron chi connectivity index (χ2n) is 12.7. The van der Waals surface area contributed by atoms with E-state index in [0.717, 1.165) is 51.6 Å². The van der Waals surface area contributed by atoms with Crippen LogP contribution >= 0.6 is 0 Å². The molecule has 1 unspecified atom stereocenters. The number of carbonyl (C=O) groups is 1. The fraction of sp³-hybridized carbons (Fsp3) is 0.314. The molecule has 212 valence electrons. The molecule has 0 heterocycles. The van der Waals surface area contributed by atoms with Crippen LogP contribution in [0.4, 0.5) is 11.4 Å². The third kappa shape index (κ3) is 7.18. The molecule has 4 N–H and O–H groups in total. The van der Waals surface area contributed by atoms with Gasteiger partial charge in [-0.2, -0.15) is 0 Å². The van der Waals surface area contributed by atoms with Gasteiger partial charge in [0.15, 0.2) is 0 Å². The Morgan fingerprint density at radius 1 is 0.927 bits per heavy atom. The fourth-order valence-corrected chi connectivity index (χ4v) is 5.16. The van der Waals surface area contributed by atoms with Gasteiger partial charge in [-0.05, 0) is 75.3 Å². The number of nitrogens with one attached hydrogen (secondary N) is 2. The van der Waals surface area contributed by atoms with E-state index in [2.05, 4.69) is 65.0 Å². The van der Waals surface area contributed by atoms with Gasteiger partial charge >= 0.3 is 7.62 Å². The van der Waals surface area contributed by atoms with Crippen LogP contribution in [-0.2, 0) is 9.45 Å². The minimum Gasteiger partial charge on any atom is -0.518 e. The van der Waals surface area contributed by atoms with Crippen molar-refractivity contribution in [3.05, 3.63) is 102 Å². The third-order valence-corrected chi connectivity index (χ3v) is 8.09. The molecule has 0 amide bonds. The number of benzene rings is 3. The number of nitrogen functional groups attached to an aromatic ring is 1. The lowest BCUT2D eigenvalue weighted by molar-refractivity contribution is -0.144. The number of anilines is 2. The lowest BCUT2D eigenvalue weighted by atomic mass is 9.70. The van der Waals surface area contributed by atoms with Crippen LogP contribution in [0.15, 0.2) is 90.5 Å². The number of carbonyl (C=O) groups excluding carboxylic acids is 1. The first-order chi connectivity index (χ1) is 19.4. The van der Waals surface area contributed by atoms with Gasteiger partial charge < -0.3 is 21.0 Å². The van der Waals surface area contributed by atoms with Crippen LogP contribution in [0.2, 0.25) is 0 Å². The molecular weight excluding hydrogens is 505 g/mol. The minimum absolute atomic E-state index is 0.0656. The van der Waals surface area contributed by atoms with Crippen LogP contribution in [-0.4, -0.2) is 19.3 Å². The highest BCUT2D eigenvalue weighted by molar-refractivity contribution is 6.36. The molecule has 1 aliphatic rings. The number of allylic oxidation sites excluding steroid dienone is 5. The van der Waals surface area contributed by atoms with Crippen molar-refractivity contribution < 1.29 is 9.45 Å². The zero-order valence-corrected chi connectivity index (χ0v) is 25.2. The van der Waals surface area contributed by atoms with Crippen LogP contribution < -0.4 is 11.0 Å². The molecule has 0 saturated heterocycles. The highest BCUT2D eigenvalue weighted by Crippen LogP contribution is 2.39. The lowest BCUT2D eigenvalue weighted by Gasteiger charge is -2.35. The molecule has 0 saturated carbocycles. The molecule has 0 radical (unpaired) electrons. The largest absolute Gasteiger partial charge is 0.518 e. The monoisotopic (exact) mass is 547 g/mol. The normalized spacial score (nSPS) is 14.2. The Bertz CT molecular complexity index is 1510. The predicted molar refractivity (Wildman–Crippen MR) is 175 cm³/mol. The quantitative estimate of drug-likeness (QED) is 0.187. The van der Waals surface area contributed by atoms with E-state index in [-0.39, 0.29) is 30.3 Å². The first-order valence-electron chi connectivity index (χ1n) is 14.4. The lowest BCUT2D eigenvalue weighted by Crippen LogP contribution is -2.35. The average Bonchev–Trinajstić information content (AvgIpc) is 2.94. The zero-order chi connectivity index (χ0) is 29.8. The summed E-state index contributed by atoms with van der Waals surface area (Å²) in [7, 11) is 0.0980. The molecule has 0 aromatic heterocycles. The van der Waals surface area contributed by atoms with Gasteiger partial charge in [0.25, 0.3) is 5.97 Å². The fourth-order valence-electron chi connectivity index (χ4n) is 5.16. The smallest absolute Gasteiger partial charge is 0.463 e. The van der Waals surface area contributed by atoms with Gasteiger partial charge in [-0.25, -0.2) is 0 Å². The SMILES string of the molecule is CCC(C)(C)CC(C(=O)OBNc1ccc(C(=C2C=CC(=N)C=C2)c2ccc(N)cc2)c2ccccc12)C(C)(C)C. The number of hydrogen-bond donors (Lipinski definition) is 3. The van der Waals surface area contributed by atoms with Gasteiger partial charge in [0.2, 0.25) is 0 Å². The maximum atomic E-state index is 13.3. The Kier molecular flexibility index (Phi) is 8.91. The molecule has 3 aromatic carbocycles. The highest BCUT2D eigenvalue weighted by Gasteiger charge is 2.36. The van der Waals surface area contributed by atoms with Crippen molar-refractivity contribution in [1.29, 1.82) is 5.41 Å². The molecule has 0 bridgehead atoms.